The largest absolute Gasteiger partial charge is 0.497 e. The Balaban J connectivity index is 3.04. The fourth-order valence-electron chi connectivity index (χ4n) is 1.36. The molecular formula is C12H17NO4. The van der Waals surface area contributed by atoms with E-state index in [1.807, 2.05) is 0 Å². The zero-order valence-corrected chi connectivity index (χ0v) is 10.1. The van der Waals surface area contributed by atoms with Crippen molar-refractivity contribution in [2.75, 3.05) is 7.11 Å². The number of carbonyl (C=O) groups is 1. The zero-order chi connectivity index (χ0) is 13.0. The average molecular weight is 239 g/mol. The van der Waals surface area contributed by atoms with Gasteiger partial charge in [-0.1, -0.05) is 6.07 Å². The van der Waals surface area contributed by atoms with Crippen LogP contribution in [0.15, 0.2) is 18.2 Å². The smallest absolute Gasteiger partial charge is 0.344 e. The van der Waals surface area contributed by atoms with Crippen molar-refractivity contribution < 1.29 is 19.4 Å². The Kier molecular flexibility index (Phi) is 4.34. The van der Waals surface area contributed by atoms with E-state index in [0.717, 1.165) is 5.56 Å². The number of carboxylic acid groups (broad SMARTS) is 1. The Bertz CT molecular complexity index is 403. The molecular weight excluding hydrogens is 222 g/mol. The predicted octanol–water partition coefficient (Wildman–Crippen LogP) is 1.57. The van der Waals surface area contributed by atoms with Crippen molar-refractivity contribution >= 4 is 5.97 Å². The molecule has 2 atom stereocenters. The van der Waals surface area contributed by atoms with Crippen LogP contribution in [-0.2, 0) is 4.79 Å². The van der Waals surface area contributed by atoms with Crippen LogP contribution in [0.1, 0.15) is 25.5 Å². The van der Waals surface area contributed by atoms with Crippen molar-refractivity contribution in [3.05, 3.63) is 23.8 Å². The summed E-state index contributed by atoms with van der Waals surface area (Å²) in [5.74, 6) is 0.0136. The van der Waals surface area contributed by atoms with Crippen LogP contribution >= 0.6 is 0 Å². The summed E-state index contributed by atoms with van der Waals surface area (Å²) in [6, 6.07) is 4.93. The fraction of sp³-hybridized carbons (Fsp3) is 0.417. The van der Waals surface area contributed by atoms with Crippen LogP contribution in [-0.4, -0.2) is 24.3 Å². The van der Waals surface area contributed by atoms with Crippen molar-refractivity contribution in [2.24, 2.45) is 5.73 Å². The number of carboxylic acids is 1. The molecule has 0 aliphatic heterocycles. The normalized spacial score (nSPS) is 13.9. The van der Waals surface area contributed by atoms with E-state index < -0.39 is 12.1 Å². The van der Waals surface area contributed by atoms with E-state index in [1.165, 1.54) is 14.0 Å². The van der Waals surface area contributed by atoms with Gasteiger partial charge in [0.15, 0.2) is 6.10 Å². The van der Waals surface area contributed by atoms with Crippen LogP contribution in [0.3, 0.4) is 0 Å². The first-order valence-electron chi connectivity index (χ1n) is 5.28. The van der Waals surface area contributed by atoms with Gasteiger partial charge >= 0.3 is 5.97 Å². The lowest BCUT2D eigenvalue weighted by Crippen LogP contribution is -2.24. The minimum atomic E-state index is -1.02. The van der Waals surface area contributed by atoms with Crippen LogP contribution in [0.25, 0.3) is 0 Å². The molecule has 0 amide bonds. The molecule has 0 fully saturated rings. The first-order chi connectivity index (χ1) is 7.95. The van der Waals surface area contributed by atoms with E-state index in [4.69, 9.17) is 20.3 Å². The second kappa shape index (κ2) is 5.54. The number of nitrogens with two attached hydrogens (primary N) is 1. The maximum atomic E-state index is 10.8. The molecule has 0 aliphatic carbocycles. The molecule has 1 unspecified atom stereocenters. The van der Waals surface area contributed by atoms with E-state index in [9.17, 15) is 4.79 Å². The van der Waals surface area contributed by atoms with Crippen molar-refractivity contribution in [2.45, 2.75) is 26.0 Å². The van der Waals surface area contributed by atoms with E-state index >= 15 is 0 Å². The van der Waals surface area contributed by atoms with E-state index in [-0.39, 0.29) is 6.04 Å². The highest BCUT2D eigenvalue weighted by Crippen LogP contribution is 2.29. The summed E-state index contributed by atoms with van der Waals surface area (Å²) in [7, 11) is 1.53. The van der Waals surface area contributed by atoms with Crippen LogP contribution in [0.4, 0.5) is 0 Å². The summed E-state index contributed by atoms with van der Waals surface area (Å²) < 4.78 is 10.4. The Hall–Kier alpha value is -1.75. The van der Waals surface area contributed by atoms with Gasteiger partial charge < -0.3 is 20.3 Å². The molecule has 3 N–H and O–H groups in total. The minimum absolute atomic E-state index is 0.239. The van der Waals surface area contributed by atoms with E-state index in [0.29, 0.717) is 11.5 Å². The van der Waals surface area contributed by atoms with Gasteiger partial charge in [-0.25, -0.2) is 4.79 Å². The molecule has 0 radical (unpaired) electrons. The van der Waals surface area contributed by atoms with Crippen LogP contribution in [0.5, 0.6) is 11.5 Å². The summed E-state index contributed by atoms with van der Waals surface area (Å²) in [6.07, 6.45) is -0.931. The van der Waals surface area contributed by atoms with Gasteiger partial charge in [0.05, 0.1) is 7.11 Å². The summed E-state index contributed by atoms with van der Waals surface area (Å²) in [5.41, 5.74) is 6.54. The number of hydrogen-bond donors (Lipinski definition) is 2. The molecule has 0 bridgehead atoms. The van der Waals surface area contributed by atoms with Crippen molar-refractivity contribution in [1.82, 2.24) is 0 Å². The van der Waals surface area contributed by atoms with Crippen LogP contribution < -0.4 is 15.2 Å². The SMILES string of the molecule is COc1ccc([C@@H](C)N)c(OC(C)C(=O)O)c1. The van der Waals surface area contributed by atoms with Gasteiger partial charge in [0.1, 0.15) is 11.5 Å². The van der Waals surface area contributed by atoms with Crippen molar-refractivity contribution in [1.29, 1.82) is 0 Å². The molecule has 17 heavy (non-hydrogen) atoms. The second-order valence-electron chi connectivity index (χ2n) is 3.79. The number of methoxy groups -OCH3 is 1. The lowest BCUT2D eigenvalue weighted by atomic mass is 10.1. The summed E-state index contributed by atoms with van der Waals surface area (Å²) in [6.45, 7) is 3.27. The third-order valence-corrected chi connectivity index (χ3v) is 2.36. The van der Waals surface area contributed by atoms with Gasteiger partial charge in [0, 0.05) is 17.7 Å². The second-order valence-corrected chi connectivity index (χ2v) is 3.79. The Morgan fingerprint density at radius 3 is 2.53 bits per heavy atom. The third kappa shape index (κ3) is 3.35. The molecule has 0 heterocycles. The monoisotopic (exact) mass is 239 g/mol. The minimum Gasteiger partial charge on any atom is -0.497 e. The maximum Gasteiger partial charge on any atom is 0.344 e. The zero-order valence-electron chi connectivity index (χ0n) is 10.1. The summed E-state index contributed by atoms with van der Waals surface area (Å²) >= 11 is 0. The Labute approximate surface area is 100 Å². The number of rotatable bonds is 5. The molecule has 94 valence electrons. The number of hydrogen-bond acceptors (Lipinski definition) is 4. The summed E-state index contributed by atoms with van der Waals surface area (Å²) in [5, 5.41) is 8.81. The lowest BCUT2D eigenvalue weighted by molar-refractivity contribution is -0.144. The molecule has 0 saturated carbocycles. The quantitative estimate of drug-likeness (QED) is 0.815. The van der Waals surface area contributed by atoms with Gasteiger partial charge in [-0.15, -0.1) is 0 Å². The van der Waals surface area contributed by atoms with Crippen LogP contribution in [0.2, 0.25) is 0 Å². The van der Waals surface area contributed by atoms with E-state index in [1.54, 1.807) is 25.1 Å². The fourth-order valence-corrected chi connectivity index (χ4v) is 1.36. The summed E-state index contributed by atoms with van der Waals surface area (Å²) in [4.78, 5) is 10.8. The molecule has 5 nitrogen and oxygen atoms in total. The van der Waals surface area contributed by atoms with Gasteiger partial charge in [-0.05, 0) is 19.9 Å². The first kappa shape index (κ1) is 13.3. The molecule has 5 heteroatoms. The predicted molar refractivity (Wildman–Crippen MR) is 63.3 cm³/mol. The lowest BCUT2D eigenvalue weighted by Gasteiger charge is -2.17. The van der Waals surface area contributed by atoms with Gasteiger partial charge in [0.2, 0.25) is 0 Å². The highest BCUT2D eigenvalue weighted by atomic mass is 16.5. The van der Waals surface area contributed by atoms with Gasteiger partial charge in [0.25, 0.3) is 0 Å². The third-order valence-electron chi connectivity index (χ3n) is 2.36. The molecule has 1 rings (SSSR count). The maximum absolute atomic E-state index is 10.8. The number of aliphatic carboxylic acids is 1. The van der Waals surface area contributed by atoms with Crippen molar-refractivity contribution in [3.8, 4) is 11.5 Å². The first-order valence-corrected chi connectivity index (χ1v) is 5.28. The number of benzene rings is 1. The Morgan fingerprint density at radius 1 is 1.41 bits per heavy atom. The Morgan fingerprint density at radius 2 is 2.06 bits per heavy atom. The highest BCUT2D eigenvalue weighted by Gasteiger charge is 2.17. The topological polar surface area (TPSA) is 81.8 Å². The highest BCUT2D eigenvalue weighted by molar-refractivity contribution is 5.72. The molecule has 0 spiro atoms. The standard InChI is InChI=1S/C12H17NO4/c1-7(13)10-5-4-9(16-3)6-11(10)17-8(2)12(14)15/h4-8H,13H2,1-3H3,(H,14,15)/t7-,8?/m1/s1. The molecule has 1 aromatic carbocycles. The van der Waals surface area contributed by atoms with Crippen LogP contribution in [0, 0.1) is 0 Å². The average Bonchev–Trinajstić information content (AvgIpc) is 2.28. The molecule has 0 aromatic heterocycles. The number of ether oxygens (including phenoxy) is 2. The van der Waals surface area contributed by atoms with Gasteiger partial charge in [-0.3, -0.25) is 0 Å². The van der Waals surface area contributed by atoms with Gasteiger partial charge in [-0.2, -0.15) is 0 Å². The van der Waals surface area contributed by atoms with Crippen molar-refractivity contribution in [3.63, 3.8) is 0 Å². The molecule has 0 aliphatic rings. The van der Waals surface area contributed by atoms with E-state index in [2.05, 4.69) is 0 Å². The molecule has 0 saturated heterocycles. The molecule has 1 aromatic rings.